The Morgan fingerprint density at radius 1 is 0.815 bits per heavy atom. The number of amides is 2. The van der Waals surface area contributed by atoms with Gasteiger partial charge in [0.15, 0.2) is 0 Å². The van der Waals surface area contributed by atoms with Crippen molar-refractivity contribution in [1.82, 2.24) is 0 Å². The van der Waals surface area contributed by atoms with Crippen LogP contribution < -0.4 is 16.0 Å². The minimum Gasteiger partial charge on any atom is -0.354 e. The lowest BCUT2D eigenvalue weighted by Crippen LogP contribution is -2.10. The molecule has 0 spiro atoms. The molecule has 0 aliphatic carbocycles. The Morgan fingerprint density at radius 3 is 2.22 bits per heavy atom. The average molecular weight is 355 g/mol. The summed E-state index contributed by atoms with van der Waals surface area (Å²) >= 11 is 0. The first-order valence-corrected chi connectivity index (χ1v) is 8.54. The molecule has 5 heteroatoms. The summed E-state index contributed by atoms with van der Waals surface area (Å²) in [6, 6.07) is 24.7. The topological polar surface area (TPSA) is 70.2 Å². The van der Waals surface area contributed by atoms with Crippen LogP contribution in [0, 0.1) is 0 Å². The van der Waals surface area contributed by atoms with E-state index in [-0.39, 0.29) is 5.91 Å². The van der Waals surface area contributed by atoms with Gasteiger partial charge in [-0.15, -0.1) is 0 Å². The lowest BCUT2D eigenvalue weighted by atomic mass is 10.00. The van der Waals surface area contributed by atoms with Gasteiger partial charge in [0.05, 0.1) is 11.3 Å². The molecular weight excluding hydrogens is 338 g/mol. The minimum absolute atomic E-state index is 0.137. The fourth-order valence-corrected chi connectivity index (χ4v) is 3.11. The van der Waals surface area contributed by atoms with Crippen LogP contribution in [0.25, 0.3) is 11.3 Å². The van der Waals surface area contributed by atoms with E-state index in [4.69, 9.17) is 0 Å². The van der Waals surface area contributed by atoms with Gasteiger partial charge in [0, 0.05) is 22.6 Å². The molecule has 3 aromatic rings. The normalized spacial score (nSPS) is 14.1. The zero-order valence-electron chi connectivity index (χ0n) is 14.4. The van der Waals surface area contributed by atoms with E-state index < -0.39 is 0 Å². The summed E-state index contributed by atoms with van der Waals surface area (Å²) in [7, 11) is 0. The van der Waals surface area contributed by atoms with Crippen molar-refractivity contribution in [3.8, 4) is 0 Å². The van der Waals surface area contributed by atoms with Gasteiger partial charge in [0.2, 0.25) is 6.41 Å². The van der Waals surface area contributed by atoms with E-state index in [1.165, 1.54) is 0 Å². The fraction of sp³-hybridized carbons (Fsp3) is 0. The number of rotatable bonds is 5. The predicted octanol–water partition coefficient (Wildman–Crippen LogP) is 4.19. The maximum Gasteiger partial charge on any atom is 0.258 e. The van der Waals surface area contributed by atoms with Gasteiger partial charge < -0.3 is 16.0 Å². The molecule has 0 bridgehead atoms. The molecule has 3 N–H and O–H groups in total. The van der Waals surface area contributed by atoms with Crippen molar-refractivity contribution < 1.29 is 9.59 Å². The summed E-state index contributed by atoms with van der Waals surface area (Å²) in [4.78, 5) is 23.3. The van der Waals surface area contributed by atoms with Crippen molar-refractivity contribution >= 4 is 40.6 Å². The van der Waals surface area contributed by atoms with Gasteiger partial charge in [-0.1, -0.05) is 48.5 Å². The molecule has 1 aliphatic rings. The van der Waals surface area contributed by atoms with E-state index in [1.54, 1.807) is 12.1 Å². The van der Waals surface area contributed by atoms with E-state index in [2.05, 4.69) is 16.0 Å². The third-order valence-electron chi connectivity index (χ3n) is 4.36. The number of fused-ring (bicyclic) bond motifs is 1. The van der Waals surface area contributed by atoms with Crippen LogP contribution in [0.2, 0.25) is 0 Å². The zero-order chi connectivity index (χ0) is 18.6. The van der Waals surface area contributed by atoms with Crippen molar-refractivity contribution in [2.24, 2.45) is 0 Å². The number of hydrogen-bond donors (Lipinski definition) is 3. The molecule has 4 rings (SSSR count). The minimum atomic E-state index is -0.137. The number of para-hydroxylation sites is 1. The number of carbonyl (C=O) groups is 2. The first kappa shape index (κ1) is 16.6. The van der Waals surface area contributed by atoms with Crippen molar-refractivity contribution in [2.75, 3.05) is 16.0 Å². The number of hydrogen-bond acceptors (Lipinski definition) is 3. The molecule has 27 heavy (non-hydrogen) atoms. The molecule has 0 atom stereocenters. The summed E-state index contributed by atoms with van der Waals surface area (Å²) in [5.41, 5.74) is 5.44. The van der Waals surface area contributed by atoms with Gasteiger partial charge >= 0.3 is 0 Å². The van der Waals surface area contributed by atoms with Crippen LogP contribution in [0.1, 0.15) is 11.1 Å². The Balaban J connectivity index is 1.81. The Morgan fingerprint density at radius 2 is 1.48 bits per heavy atom. The van der Waals surface area contributed by atoms with E-state index >= 15 is 0 Å². The maximum absolute atomic E-state index is 12.7. The molecule has 3 aromatic carbocycles. The molecule has 132 valence electrons. The van der Waals surface area contributed by atoms with E-state index in [9.17, 15) is 9.59 Å². The second-order valence-electron chi connectivity index (χ2n) is 6.08. The molecule has 1 aliphatic heterocycles. The van der Waals surface area contributed by atoms with Gasteiger partial charge in [0.1, 0.15) is 0 Å². The Hall–Kier alpha value is -3.86. The van der Waals surface area contributed by atoms with Gasteiger partial charge in [-0.3, -0.25) is 9.59 Å². The average Bonchev–Trinajstić information content (AvgIpc) is 3.04. The highest BCUT2D eigenvalue weighted by atomic mass is 16.2. The lowest BCUT2D eigenvalue weighted by Gasteiger charge is -2.15. The van der Waals surface area contributed by atoms with Crippen LogP contribution in [-0.4, -0.2) is 12.3 Å². The van der Waals surface area contributed by atoms with E-state index in [1.807, 2.05) is 66.7 Å². The highest BCUT2D eigenvalue weighted by Gasteiger charge is 2.27. The lowest BCUT2D eigenvalue weighted by molar-refractivity contribution is -0.110. The van der Waals surface area contributed by atoms with Crippen LogP contribution in [0.4, 0.5) is 17.1 Å². The molecule has 0 unspecified atom stereocenters. The molecule has 5 nitrogen and oxygen atoms in total. The van der Waals surface area contributed by atoms with E-state index in [0.717, 1.165) is 28.2 Å². The van der Waals surface area contributed by atoms with Crippen molar-refractivity contribution in [1.29, 1.82) is 0 Å². The fourth-order valence-electron chi connectivity index (χ4n) is 3.11. The SMILES string of the molecule is O=CNc1ccc(N/C(=C2\C(=O)Nc3ccccc32)c2ccccc2)cc1. The van der Waals surface area contributed by atoms with Gasteiger partial charge in [-0.05, 0) is 35.9 Å². The van der Waals surface area contributed by atoms with Crippen LogP contribution in [0.5, 0.6) is 0 Å². The first-order chi connectivity index (χ1) is 13.3. The second kappa shape index (κ2) is 7.17. The third-order valence-corrected chi connectivity index (χ3v) is 4.36. The number of benzene rings is 3. The number of carbonyl (C=O) groups excluding carboxylic acids is 2. The predicted molar refractivity (Wildman–Crippen MR) is 108 cm³/mol. The molecule has 0 aromatic heterocycles. The standard InChI is InChI=1S/C22H17N3O2/c26-14-23-16-10-12-17(13-11-16)24-21(15-6-2-1-3-7-15)20-18-8-4-5-9-19(18)25-22(20)27/h1-14,24H,(H,23,26)(H,25,27)/b21-20-. The molecule has 2 amide bonds. The smallest absolute Gasteiger partial charge is 0.258 e. The first-order valence-electron chi connectivity index (χ1n) is 8.54. The van der Waals surface area contributed by atoms with Crippen molar-refractivity contribution in [2.45, 2.75) is 0 Å². The third kappa shape index (κ3) is 3.30. The molecule has 0 radical (unpaired) electrons. The highest BCUT2D eigenvalue weighted by molar-refractivity contribution is 6.37. The zero-order valence-corrected chi connectivity index (χ0v) is 14.4. The van der Waals surface area contributed by atoms with Gasteiger partial charge in [0.25, 0.3) is 5.91 Å². The number of anilines is 3. The summed E-state index contributed by atoms with van der Waals surface area (Å²) < 4.78 is 0. The Kier molecular flexibility index (Phi) is 4.41. The molecule has 1 heterocycles. The summed E-state index contributed by atoms with van der Waals surface area (Å²) in [5, 5.41) is 8.91. The van der Waals surface area contributed by atoms with Crippen LogP contribution in [0.3, 0.4) is 0 Å². The molecule has 0 saturated heterocycles. The van der Waals surface area contributed by atoms with Gasteiger partial charge in [-0.25, -0.2) is 0 Å². The van der Waals surface area contributed by atoms with Crippen LogP contribution >= 0.6 is 0 Å². The molecular formula is C22H17N3O2. The Labute approximate surface area is 156 Å². The highest BCUT2D eigenvalue weighted by Crippen LogP contribution is 2.37. The maximum atomic E-state index is 12.7. The summed E-state index contributed by atoms with van der Waals surface area (Å²) in [6.45, 7) is 0. The molecule has 0 saturated carbocycles. The van der Waals surface area contributed by atoms with E-state index in [0.29, 0.717) is 17.7 Å². The molecule has 0 fully saturated rings. The second-order valence-corrected chi connectivity index (χ2v) is 6.08. The van der Waals surface area contributed by atoms with Gasteiger partial charge in [-0.2, -0.15) is 0 Å². The van der Waals surface area contributed by atoms with Crippen LogP contribution in [-0.2, 0) is 9.59 Å². The van der Waals surface area contributed by atoms with Crippen molar-refractivity contribution in [3.05, 3.63) is 90.0 Å². The number of nitrogens with one attached hydrogen (secondary N) is 3. The summed E-state index contributed by atoms with van der Waals surface area (Å²) in [5.74, 6) is -0.137. The summed E-state index contributed by atoms with van der Waals surface area (Å²) in [6.07, 6.45) is 0.638. The monoisotopic (exact) mass is 355 g/mol. The Bertz CT molecular complexity index is 1020. The van der Waals surface area contributed by atoms with Crippen molar-refractivity contribution in [3.63, 3.8) is 0 Å². The van der Waals surface area contributed by atoms with Crippen LogP contribution in [0.15, 0.2) is 78.9 Å². The largest absolute Gasteiger partial charge is 0.354 e. The quantitative estimate of drug-likeness (QED) is 0.475.